The predicted octanol–water partition coefficient (Wildman–Crippen LogP) is 2.97. The molecule has 0 unspecified atom stereocenters. The van der Waals surface area contributed by atoms with Crippen molar-refractivity contribution in [2.24, 2.45) is 5.92 Å². The summed E-state index contributed by atoms with van der Waals surface area (Å²) in [4.78, 5) is 13.7. The molecule has 0 radical (unpaired) electrons. The average Bonchev–Trinajstić information content (AvgIpc) is 2.54. The van der Waals surface area contributed by atoms with Crippen LogP contribution in [-0.4, -0.2) is 35.3 Å². The van der Waals surface area contributed by atoms with Gasteiger partial charge >= 0.3 is 6.09 Å². The van der Waals surface area contributed by atoms with Crippen LogP contribution in [0.1, 0.15) is 24.8 Å². The molecule has 0 aromatic heterocycles. The van der Waals surface area contributed by atoms with Gasteiger partial charge in [0.15, 0.2) is 0 Å². The Morgan fingerprint density at radius 1 is 1.38 bits per heavy atom. The second-order valence-corrected chi connectivity index (χ2v) is 5.46. The Kier molecular flexibility index (Phi) is 5.81. The monoisotopic (exact) mass is 289 g/mol. The van der Waals surface area contributed by atoms with Gasteiger partial charge in [-0.15, -0.1) is 6.58 Å². The van der Waals surface area contributed by atoms with Gasteiger partial charge in [0.05, 0.1) is 6.10 Å². The van der Waals surface area contributed by atoms with Crippen molar-refractivity contribution in [2.45, 2.75) is 32.0 Å². The topological polar surface area (TPSA) is 49.8 Å². The molecule has 4 heteroatoms. The van der Waals surface area contributed by atoms with Crippen molar-refractivity contribution >= 4 is 6.09 Å². The molecule has 1 atom stereocenters. The van der Waals surface area contributed by atoms with Gasteiger partial charge in [-0.2, -0.15) is 0 Å². The average molecular weight is 289 g/mol. The fourth-order valence-corrected chi connectivity index (χ4v) is 2.64. The highest BCUT2D eigenvalue weighted by Crippen LogP contribution is 2.23. The van der Waals surface area contributed by atoms with Crippen molar-refractivity contribution < 1.29 is 14.6 Å². The van der Waals surface area contributed by atoms with Crippen LogP contribution in [0.25, 0.3) is 0 Å². The standard InChI is InChI=1S/C17H23NO3/c1-2-6-16(19)15-9-11-18(12-10-15)17(20)21-13-14-7-4-3-5-8-14/h2-5,7-8,15-16,19H,1,6,9-13H2/t16-/m1/s1. The summed E-state index contributed by atoms with van der Waals surface area (Å²) in [7, 11) is 0. The van der Waals surface area contributed by atoms with Gasteiger partial charge in [-0.1, -0.05) is 36.4 Å². The highest BCUT2D eigenvalue weighted by atomic mass is 16.6. The number of hydrogen-bond acceptors (Lipinski definition) is 3. The zero-order valence-corrected chi connectivity index (χ0v) is 12.3. The van der Waals surface area contributed by atoms with Gasteiger partial charge in [0, 0.05) is 13.1 Å². The molecule has 1 aliphatic heterocycles. The van der Waals surface area contributed by atoms with Crippen LogP contribution < -0.4 is 0 Å². The van der Waals surface area contributed by atoms with Crippen molar-refractivity contribution in [1.29, 1.82) is 0 Å². The maximum absolute atomic E-state index is 12.0. The van der Waals surface area contributed by atoms with E-state index in [4.69, 9.17) is 4.74 Å². The molecule has 0 spiro atoms. The van der Waals surface area contributed by atoms with Crippen molar-refractivity contribution in [3.05, 3.63) is 48.6 Å². The van der Waals surface area contributed by atoms with Crippen LogP contribution >= 0.6 is 0 Å². The first kappa shape index (κ1) is 15.6. The number of likely N-dealkylation sites (tertiary alicyclic amines) is 1. The first-order chi connectivity index (χ1) is 10.2. The first-order valence-electron chi connectivity index (χ1n) is 7.45. The number of carbonyl (C=O) groups is 1. The summed E-state index contributed by atoms with van der Waals surface area (Å²) in [6.07, 6.45) is 3.37. The lowest BCUT2D eigenvalue weighted by Crippen LogP contribution is -2.41. The second-order valence-electron chi connectivity index (χ2n) is 5.46. The summed E-state index contributed by atoms with van der Waals surface area (Å²) in [5.74, 6) is 0.251. The van der Waals surface area contributed by atoms with E-state index in [-0.39, 0.29) is 18.1 Å². The smallest absolute Gasteiger partial charge is 0.410 e. The van der Waals surface area contributed by atoms with E-state index in [1.807, 2.05) is 30.3 Å². The minimum atomic E-state index is -0.343. The number of rotatable bonds is 5. The van der Waals surface area contributed by atoms with Gasteiger partial charge < -0.3 is 14.7 Å². The predicted molar refractivity (Wildman–Crippen MR) is 81.7 cm³/mol. The molecule has 1 N–H and O–H groups in total. The summed E-state index contributed by atoms with van der Waals surface area (Å²) in [5.41, 5.74) is 0.988. The second kappa shape index (κ2) is 7.84. The van der Waals surface area contributed by atoms with E-state index in [1.54, 1.807) is 11.0 Å². The summed E-state index contributed by atoms with van der Waals surface area (Å²) < 4.78 is 5.32. The molecule has 4 nitrogen and oxygen atoms in total. The minimum absolute atomic E-state index is 0.251. The van der Waals surface area contributed by atoms with E-state index in [0.717, 1.165) is 18.4 Å². The fourth-order valence-electron chi connectivity index (χ4n) is 2.64. The molecule has 0 aliphatic carbocycles. The van der Waals surface area contributed by atoms with E-state index in [1.165, 1.54) is 0 Å². The van der Waals surface area contributed by atoms with Crippen LogP contribution in [0.5, 0.6) is 0 Å². The molecule has 0 bridgehead atoms. The molecule has 114 valence electrons. The van der Waals surface area contributed by atoms with Gasteiger partial charge in [-0.25, -0.2) is 4.79 Å². The minimum Gasteiger partial charge on any atom is -0.445 e. The lowest BCUT2D eigenvalue weighted by atomic mass is 9.90. The summed E-state index contributed by atoms with van der Waals surface area (Å²) in [6, 6.07) is 9.66. The molecular formula is C17H23NO3. The number of ether oxygens (including phenoxy) is 1. The Hall–Kier alpha value is -1.81. The van der Waals surface area contributed by atoms with E-state index < -0.39 is 0 Å². The van der Waals surface area contributed by atoms with Gasteiger partial charge in [0.25, 0.3) is 0 Å². The number of aliphatic hydroxyl groups is 1. The lowest BCUT2D eigenvalue weighted by molar-refractivity contribution is 0.0467. The molecule has 0 saturated carbocycles. The third kappa shape index (κ3) is 4.60. The molecule has 1 amide bonds. The van der Waals surface area contributed by atoms with E-state index >= 15 is 0 Å². The summed E-state index contributed by atoms with van der Waals surface area (Å²) in [6.45, 7) is 5.24. The number of nitrogens with zero attached hydrogens (tertiary/aromatic N) is 1. The molecule has 21 heavy (non-hydrogen) atoms. The quantitative estimate of drug-likeness (QED) is 0.848. The summed E-state index contributed by atoms with van der Waals surface area (Å²) >= 11 is 0. The number of piperidine rings is 1. The highest BCUT2D eigenvalue weighted by Gasteiger charge is 2.27. The molecule has 1 aromatic carbocycles. The normalized spacial score (nSPS) is 17.3. The maximum Gasteiger partial charge on any atom is 0.410 e. The Bertz CT molecular complexity index is 452. The fraction of sp³-hybridized carbons (Fsp3) is 0.471. The molecule has 1 saturated heterocycles. The maximum atomic E-state index is 12.0. The van der Waals surface area contributed by atoms with Crippen LogP contribution in [-0.2, 0) is 11.3 Å². The van der Waals surface area contributed by atoms with Gasteiger partial charge in [-0.05, 0) is 30.7 Å². The summed E-state index contributed by atoms with van der Waals surface area (Å²) in [5, 5.41) is 9.94. The van der Waals surface area contributed by atoms with Crippen molar-refractivity contribution in [3.63, 3.8) is 0 Å². The van der Waals surface area contributed by atoms with Gasteiger partial charge in [-0.3, -0.25) is 0 Å². The van der Waals surface area contributed by atoms with Gasteiger partial charge in [0.2, 0.25) is 0 Å². The number of hydrogen-bond donors (Lipinski definition) is 1. The SMILES string of the molecule is C=CC[C@@H](O)C1CCN(C(=O)OCc2ccccc2)CC1. The Labute approximate surface area is 126 Å². The van der Waals surface area contributed by atoms with Crippen molar-refractivity contribution in [1.82, 2.24) is 4.90 Å². The number of carbonyl (C=O) groups excluding carboxylic acids is 1. The first-order valence-corrected chi connectivity index (χ1v) is 7.45. The largest absolute Gasteiger partial charge is 0.445 e. The molecule has 1 aromatic rings. The number of amides is 1. The zero-order chi connectivity index (χ0) is 15.1. The highest BCUT2D eigenvalue weighted by molar-refractivity contribution is 5.67. The van der Waals surface area contributed by atoms with Crippen LogP contribution in [0, 0.1) is 5.92 Å². The number of benzene rings is 1. The van der Waals surface area contributed by atoms with E-state index in [2.05, 4.69) is 6.58 Å². The third-order valence-corrected chi connectivity index (χ3v) is 3.96. The Morgan fingerprint density at radius 3 is 2.67 bits per heavy atom. The van der Waals surface area contributed by atoms with E-state index in [9.17, 15) is 9.90 Å². The van der Waals surface area contributed by atoms with Crippen molar-refractivity contribution in [2.75, 3.05) is 13.1 Å². The van der Waals surface area contributed by atoms with Crippen LogP contribution in [0.4, 0.5) is 4.79 Å². The van der Waals surface area contributed by atoms with Gasteiger partial charge in [0.1, 0.15) is 6.61 Å². The molecule has 2 rings (SSSR count). The number of aliphatic hydroxyl groups excluding tert-OH is 1. The van der Waals surface area contributed by atoms with E-state index in [0.29, 0.717) is 26.1 Å². The molecular weight excluding hydrogens is 266 g/mol. The van der Waals surface area contributed by atoms with Crippen LogP contribution in [0.2, 0.25) is 0 Å². The Morgan fingerprint density at radius 2 is 2.05 bits per heavy atom. The molecule has 1 aliphatic rings. The van der Waals surface area contributed by atoms with Crippen molar-refractivity contribution in [3.8, 4) is 0 Å². The van der Waals surface area contributed by atoms with Crippen LogP contribution in [0.3, 0.4) is 0 Å². The van der Waals surface area contributed by atoms with Crippen LogP contribution in [0.15, 0.2) is 43.0 Å². The molecule has 1 fully saturated rings. The zero-order valence-electron chi connectivity index (χ0n) is 12.3. The third-order valence-electron chi connectivity index (χ3n) is 3.96. The Balaban J connectivity index is 1.74. The molecule has 1 heterocycles. The lowest BCUT2D eigenvalue weighted by Gasteiger charge is -2.33.